The van der Waals surface area contributed by atoms with E-state index in [0.29, 0.717) is 25.3 Å². The molecule has 3 rings (SSSR count). The molecule has 1 aliphatic rings. The number of amides is 1. The van der Waals surface area contributed by atoms with Gasteiger partial charge in [-0.3, -0.25) is 9.69 Å². The van der Waals surface area contributed by atoms with Crippen LogP contribution in [0.3, 0.4) is 0 Å². The zero-order valence-corrected chi connectivity index (χ0v) is 13.6. The first kappa shape index (κ1) is 15.9. The molecule has 1 saturated heterocycles. The third-order valence-corrected chi connectivity index (χ3v) is 4.79. The number of aromatic nitrogens is 1. The van der Waals surface area contributed by atoms with Crippen LogP contribution >= 0.6 is 11.3 Å². The molecule has 1 aliphatic heterocycles. The SMILES string of the molecule is NCc1nc(C(=O)N2CCN(Cc3cccc(O)c3)CC2)cs1. The Labute approximate surface area is 139 Å². The quantitative estimate of drug-likeness (QED) is 0.881. The van der Waals surface area contributed by atoms with E-state index in [-0.39, 0.29) is 11.7 Å². The summed E-state index contributed by atoms with van der Waals surface area (Å²) in [4.78, 5) is 20.8. The predicted octanol–water partition coefficient (Wildman–Crippen LogP) is 1.27. The molecule has 1 aromatic heterocycles. The van der Waals surface area contributed by atoms with Crippen molar-refractivity contribution < 1.29 is 9.90 Å². The van der Waals surface area contributed by atoms with Gasteiger partial charge in [-0.2, -0.15) is 0 Å². The van der Waals surface area contributed by atoms with Crippen LogP contribution < -0.4 is 5.73 Å². The number of nitrogens with two attached hydrogens (primary N) is 1. The molecule has 1 amide bonds. The molecule has 1 fully saturated rings. The van der Waals surface area contributed by atoms with Crippen molar-refractivity contribution in [1.29, 1.82) is 0 Å². The van der Waals surface area contributed by atoms with Gasteiger partial charge in [0, 0.05) is 44.6 Å². The highest BCUT2D eigenvalue weighted by molar-refractivity contribution is 7.09. The number of benzene rings is 1. The fourth-order valence-electron chi connectivity index (χ4n) is 2.69. The lowest BCUT2D eigenvalue weighted by molar-refractivity contribution is 0.0623. The van der Waals surface area contributed by atoms with Crippen molar-refractivity contribution in [1.82, 2.24) is 14.8 Å². The second-order valence-electron chi connectivity index (χ2n) is 5.57. The van der Waals surface area contributed by atoms with Gasteiger partial charge in [0.15, 0.2) is 0 Å². The second kappa shape index (κ2) is 7.08. The topological polar surface area (TPSA) is 82.7 Å². The minimum atomic E-state index is -0.0158. The van der Waals surface area contributed by atoms with Crippen LogP contribution in [0.25, 0.3) is 0 Å². The van der Waals surface area contributed by atoms with E-state index in [2.05, 4.69) is 9.88 Å². The van der Waals surface area contributed by atoms with Crippen LogP contribution in [-0.4, -0.2) is 52.0 Å². The molecular formula is C16H20N4O2S. The molecule has 122 valence electrons. The number of phenols is 1. The van der Waals surface area contributed by atoms with Crippen molar-refractivity contribution in [3.05, 3.63) is 45.9 Å². The molecule has 23 heavy (non-hydrogen) atoms. The maximum Gasteiger partial charge on any atom is 0.273 e. The Balaban J connectivity index is 1.54. The van der Waals surface area contributed by atoms with Crippen LogP contribution in [-0.2, 0) is 13.1 Å². The molecule has 0 unspecified atom stereocenters. The van der Waals surface area contributed by atoms with E-state index >= 15 is 0 Å². The summed E-state index contributed by atoms with van der Waals surface area (Å²) in [5.74, 6) is 0.272. The van der Waals surface area contributed by atoms with E-state index in [4.69, 9.17) is 5.73 Å². The number of carbonyl (C=O) groups excluding carboxylic acids is 1. The zero-order chi connectivity index (χ0) is 16.2. The molecule has 2 aromatic rings. The number of carbonyl (C=O) groups is 1. The zero-order valence-electron chi connectivity index (χ0n) is 12.8. The lowest BCUT2D eigenvalue weighted by Crippen LogP contribution is -2.48. The van der Waals surface area contributed by atoms with Crippen LogP contribution in [0.5, 0.6) is 5.75 Å². The van der Waals surface area contributed by atoms with Crippen molar-refractivity contribution in [2.75, 3.05) is 26.2 Å². The highest BCUT2D eigenvalue weighted by Crippen LogP contribution is 2.16. The fourth-order valence-corrected chi connectivity index (χ4v) is 3.34. The molecule has 2 heterocycles. The van der Waals surface area contributed by atoms with E-state index < -0.39 is 0 Å². The molecule has 0 radical (unpaired) electrons. The number of rotatable bonds is 4. The highest BCUT2D eigenvalue weighted by Gasteiger charge is 2.23. The maximum absolute atomic E-state index is 12.4. The standard InChI is InChI=1S/C16H20N4O2S/c17-9-15-18-14(11-23-15)16(22)20-6-4-19(5-7-20)10-12-2-1-3-13(21)8-12/h1-3,8,11,21H,4-7,9-10,17H2. The van der Waals surface area contributed by atoms with Crippen molar-refractivity contribution in [3.8, 4) is 5.75 Å². The number of hydrogen-bond acceptors (Lipinski definition) is 6. The van der Waals surface area contributed by atoms with Crippen molar-refractivity contribution in [2.24, 2.45) is 5.73 Å². The molecule has 0 bridgehead atoms. The molecule has 3 N–H and O–H groups in total. The van der Waals surface area contributed by atoms with E-state index in [0.717, 1.165) is 30.2 Å². The summed E-state index contributed by atoms with van der Waals surface area (Å²) in [6, 6.07) is 7.30. The van der Waals surface area contributed by atoms with Gasteiger partial charge in [0.25, 0.3) is 5.91 Å². The third kappa shape index (κ3) is 3.87. The van der Waals surface area contributed by atoms with Gasteiger partial charge in [-0.15, -0.1) is 11.3 Å². The monoisotopic (exact) mass is 332 g/mol. The molecule has 0 saturated carbocycles. The van der Waals surface area contributed by atoms with Crippen LogP contribution in [0.4, 0.5) is 0 Å². The summed E-state index contributed by atoms with van der Waals surface area (Å²) in [7, 11) is 0. The summed E-state index contributed by atoms with van der Waals surface area (Å²) in [6.07, 6.45) is 0. The first-order valence-corrected chi connectivity index (χ1v) is 8.47. The first-order chi connectivity index (χ1) is 11.2. The van der Waals surface area contributed by atoms with Gasteiger partial charge < -0.3 is 15.7 Å². The molecule has 0 aliphatic carbocycles. The third-order valence-electron chi connectivity index (χ3n) is 3.92. The van der Waals surface area contributed by atoms with Crippen molar-refractivity contribution in [2.45, 2.75) is 13.1 Å². The Bertz CT molecular complexity index is 680. The Morgan fingerprint density at radius 2 is 2.09 bits per heavy atom. The molecule has 0 spiro atoms. The normalized spacial score (nSPS) is 15.8. The van der Waals surface area contributed by atoms with Crippen LogP contribution in [0.15, 0.2) is 29.6 Å². The summed E-state index contributed by atoms with van der Waals surface area (Å²) >= 11 is 1.43. The predicted molar refractivity (Wildman–Crippen MR) is 89.3 cm³/mol. The van der Waals surface area contributed by atoms with Gasteiger partial charge in [0.05, 0.1) is 0 Å². The average molecular weight is 332 g/mol. The number of nitrogens with zero attached hydrogens (tertiary/aromatic N) is 3. The molecule has 7 heteroatoms. The van der Waals surface area contributed by atoms with Crippen LogP contribution in [0.1, 0.15) is 21.1 Å². The molecule has 0 atom stereocenters. The molecule has 6 nitrogen and oxygen atoms in total. The first-order valence-electron chi connectivity index (χ1n) is 7.59. The van der Waals surface area contributed by atoms with E-state index in [1.807, 2.05) is 17.0 Å². The minimum Gasteiger partial charge on any atom is -0.508 e. The number of piperazine rings is 1. The molecule has 1 aromatic carbocycles. The average Bonchev–Trinajstić information content (AvgIpc) is 3.04. The molecular weight excluding hydrogens is 312 g/mol. The maximum atomic E-state index is 12.4. The second-order valence-corrected chi connectivity index (χ2v) is 6.51. The lowest BCUT2D eigenvalue weighted by atomic mass is 10.2. The Hall–Kier alpha value is -1.96. The summed E-state index contributed by atoms with van der Waals surface area (Å²) in [5.41, 5.74) is 7.12. The van der Waals surface area contributed by atoms with Crippen LogP contribution in [0.2, 0.25) is 0 Å². The van der Waals surface area contributed by atoms with Gasteiger partial charge in [-0.25, -0.2) is 4.98 Å². The van der Waals surface area contributed by atoms with Crippen molar-refractivity contribution >= 4 is 17.2 Å². The van der Waals surface area contributed by atoms with Gasteiger partial charge in [-0.05, 0) is 17.7 Å². The number of thiazole rings is 1. The Kier molecular flexibility index (Phi) is 4.90. The number of phenolic OH excluding ortho intramolecular Hbond substituents is 1. The van der Waals surface area contributed by atoms with Gasteiger partial charge in [0.1, 0.15) is 16.5 Å². The van der Waals surface area contributed by atoms with Gasteiger partial charge in [-0.1, -0.05) is 12.1 Å². The Morgan fingerprint density at radius 3 is 2.74 bits per heavy atom. The van der Waals surface area contributed by atoms with Gasteiger partial charge >= 0.3 is 0 Å². The van der Waals surface area contributed by atoms with E-state index in [1.54, 1.807) is 17.5 Å². The number of aromatic hydroxyl groups is 1. The smallest absolute Gasteiger partial charge is 0.273 e. The lowest BCUT2D eigenvalue weighted by Gasteiger charge is -2.34. The minimum absolute atomic E-state index is 0.0158. The largest absolute Gasteiger partial charge is 0.508 e. The van der Waals surface area contributed by atoms with E-state index in [9.17, 15) is 9.90 Å². The van der Waals surface area contributed by atoms with Gasteiger partial charge in [0.2, 0.25) is 0 Å². The fraction of sp³-hybridized carbons (Fsp3) is 0.375. The number of hydrogen-bond donors (Lipinski definition) is 2. The summed E-state index contributed by atoms with van der Waals surface area (Å²) in [6.45, 7) is 4.16. The van der Waals surface area contributed by atoms with E-state index in [1.165, 1.54) is 11.3 Å². The van der Waals surface area contributed by atoms with Crippen LogP contribution in [0, 0.1) is 0 Å². The summed E-state index contributed by atoms with van der Waals surface area (Å²) < 4.78 is 0. The van der Waals surface area contributed by atoms with Crippen molar-refractivity contribution in [3.63, 3.8) is 0 Å². The highest BCUT2D eigenvalue weighted by atomic mass is 32.1. The summed E-state index contributed by atoms with van der Waals surface area (Å²) in [5, 5.41) is 12.1. The Morgan fingerprint density at radius 1 is 1.30 bits per heavy atom.